The molecule has 0 unspecified atom stereocenters. The lowest BCUT2D eigenvalue weighted by Gasteiger charge is -2.05. The number of phenols is 2. The van der Waals surface area contributed by atoms with Gasteiger partial charge in [0.2, 0.25) is 0 Å². The molecule has 0 atom stereocenters. The third kappa shape index (κ3) is 4.18. The van der Waals surface area contributed by atoms with Crippen LogP contribution in [0.25, 0.3) is 0 Å². The monoisotopic (exact) mass is 430 g/mol. The summed E-state index contributed by atoms with van der Waals surface area (Å²) < 4.78 is 0. The van der Waals surface area contributed by atoms with Gasteiger partial charge in [0.05, 0.1) is 19.7 Å². The highest BCUT2D eigenvalue weighted by Gasteiger charge is 2.28. The molecule has 2 N–H and O–H groups in total. The molecule has 0 aliphatic rings. The zero-order valence-electron chi connectivity index (χ0n) is 13.1. The Morgan fingerprint density at radius 3 is 0.964 bits per heavy atom. The minimum absolute atomic E-state index is 0.0698. The molecule has 0 aliphatic carbocycles. The van der Waals surface area contributed by atoms with Gasteiger partial charge in [-0.3, -0.25) is 40.5 Å². The molecule has 0 amide bonds. The van der Waals surface area contributed by atoms with Gasteiger partial charge in [-0.1, -0.05) is 21.6 Å². The van der Waals surface area contributed by atoms with Crippen LogP contribution in [0.2, 0.25) is 0 Å². The van der Waals surface area contributed by atoms with Crippen LogP contribution < -0.4 is 0 Å². The van der Waals surface area contributed by atoms with Gasteiger partial charge >= 0.3 is 22.7 Å². The fraction of sp³-hybridized carbons (Fsp3) is 0. The van der Waals surface area contributed by atoms with Crippen molar-refractivity contribution in [3.63, 3.8) is 0 Å². The van der Waals surface area contributed by atoms with E-state index < -0.39 is 53.9 Å². The van der Waals surface area contributed by atoms with Gasteiger partial charge in [0.25, 0.3) is 11.5 Å². The Balaban J connectivity index is 2.44. The van der Waals surface area contributed by atoms with Gasteiger partial charge in [0.15, 0.2) is 0 Å². The van der Waals surface area contributed by atoms with Gasteiger partial charge in [-0.15, -0.1) is 0 Å². The van der Waals surface area contributed by atoms with E-state index in [0.29, 0.717) is 21.6 Å². The van der Waals surface area contributed by atoms with Crippen molar-refractivity contribution in [1.29, 1.82) is 0 Å². The Bertz CT molecular complexity index is 876. The van der Waals surface area contributed by atoms with Crippen LogP contribution in [0.1, 0.15) is 0 Å². The zero-order chi connectivity index (χ0) is 21.2. The lowest BCUT2D eigenvalue weighted by atomic mass is 10.2. The van der Waals surface area contributed by atoms with Gasteiger partial charge in [-0.2, -0.15) is 0 Å². The van der Waals surface area contributed by atoms with Crippen LogP contribution in [-0.2, 0) is 0 Å². The first-order valence-corrected chi connectivity index (χ1v) is 8.84. The van der Waals surface area contributed by atoms with E-state index in [9.17, 15) is 50.7 Å². The molecule has 0 radical (unpaired) electrons. The number of nitro groups is 4. The molecule has 2 aromatic rings. The van der Waals surface area contributed by atoms with Gasteiger partial charge in [0.1, 0.15) is 0 Å². The van der Waals surface area contributed by atoms with E-state index in [4.69, 9.17) is 0 Å². The SMILES string of the molecule is O=[N+]([O-])c1cc(SSc2cc([N+](=O)[O-])c(O)c([N+](=O)[O-])c2)cc([N+](=O)[O-])c1O. The number of phenolic OH excluding ortho intramolecular Hbond substituents is 2. The summed E-state index contributed by atoms with van der Waals surface area (Å²) in [6.45, 7) is 0. The molecule has 0 saturated carbocycles. The Morgan fingerprint density at radius 2 is 0.786 bits per heavy atom. The number of aromatic hydroxyl groups is 2. The number of nitrogens with zero attached hydrogens (tertiary/aromatic N) is 4. The first kappa shape index (κ1) is 20.6. The lowest BCUT2D eigenvalue weighted by molar-refractivity contribution is -0.396. The average Bonchev–Trinajstić information content (AvgIpc) is 2.60. The van der Waals surface area contributed by atoms with Gasteiger partial charge in [0, 0.05) is 34.1 Å². The Morgan fingerprint density at radius 1 is 0.571 bits per heavy atom. The van der Waals surface area contributed by atoms with E-state index >= 15 is 0 Å². The zero-order valence-corrected chi connectivity index (χ0v) is 14.7. The summed E-state index contributed by atoms with van der Waals surface area (Å²) in [5.41, 5.74) is -3.72. The summed E-state index contributed by atoms with van der Waals surface area (Å²) in [7, 11) is 1.32. The third-order valence-electron chi connectivity index (χ3n) is 3.11. The van der Waals surface area contributed by atoms with Crippen molar-refractivity contribution in [1.82, 2.24) is 0 Å². The molecule has 0 spiro atoms. The minimum atomic E-state index is -1.14. The normalized spacial score (nSPS) is 10.4. The van der Waals surface area contributed by atoms with E-state index in [2.05, 4.69) is 0 Å². The van der Waals surface area contributed by atoms with E-state index in [1.54, 1.807) is 0 Å². The third-order valence-corrected chi connectivity index (χ3v) is 5.45. The van der Waals surface area contributed by atoms with Crippen LogP contribution in [0.4, 0.5) is 22.7 Å². The fourth-order valence-corrected chi connectivity index (χ4v) is 3.89. The average molecular weight is 430 g/mol. The summed E-state index contributed by atoms with van der Waals surface area (Å²) in [6, 6.07) is 3.35. The Hall–Kier alpha value is -3.66. The second-order valence-electron chi connectivity index (χ2n) is 4.82. The molecule has 2 aromatic carbocycles. The smallest absolute Gasteiger partial charge is 0.319 e. The second kappa shape index (κ2) is 7.92. The molecule has 0 aliphatic heterocycles. The predicted molar refractivity (Wildman–Crippen MR) is 94.5 cm³/mol. The van der Waals surface area contributed by atoms with Gasteiger partial charge in [-0.05, 0) is 0 Å². The Labute approximate surface area is 160 Å². The number of rotatable bonds is 7. The summed E-state index contributed by atoms with van der Waals surface area (Å²) >= 11 is 0. The summed E-state index contributed by atoms with van der Waals surface area (Å²) in [5.74, 6) is -2.28. The largest absolute Gasteiger partial charge is 0.497 e. The van der Waals surface area contributed by atoms with Crippen LogP contribution >= 0.6 is 21.6 Å². The van der Waals surface area contributed by atoms with Crippen LogP contribution in [0.15, 0.2) is 34.1 Å². The molecule has 146 valence electrons. The number of benzene rings is 2. The van der Waals surface area contributed by atoms with Crippen molar-refractivity contribution < 1.29 is 29.9 Å². The van der Waals surface area contributed by atoms with Crippen molar-refractivity contribution >= 4 is 44.3 Å². The summed E-state index contributed by atoms with van der Waals surface area (Å²) in [4.78, 5) is 39.4. The van der Waals surface area contributed by atoms with E-state index in [-0.39, 0.29) is 9.79 Å². The maximum atomic E-state index is 10.9. The molecule has 0 heterocycles. The first-order valence-electron chi connectivity index (χ1n) is 6.69. The predicted octanol–water partition coefficient (Wildman–Crippen LogP) is 3.53. The molecule has 14 nitrogen and oxygen atoms in total. The quantitative estimate of drug-likeness (QED) is 0.366. The molecule has 28 heavy (non-hydrogen) atoms. The van der Waals surface area contributed by atoms with Gasteiger partial charge < -0.3 is 10.2 Å². The molecular weight excluding hydrogens is 424 g/mol. The van der Waals surface area contributed by atoms with Gasteiger partial charge in [-0.25, -0.2) is 0 Å². The fourth-order valence-electron chi connectivity index (χ4n) is 1.91. The first-order chi connectivity index (χ1) is 13.0. The van der Waals surface area contributed by atoms with Crippen molar-refractivity contribution in [2.75, 3.05) is 0 Å². The van der Waals surface area contributed by atoms with Crippen molar-refractivity contribution in [2.45, 2.75) is 9.79 Å². The highest BCUT2D eigenvalue weighted by molar-refractivity contribution is 8.76. The van der Waals surface area contributed by atoms with Crippen LogP contribution in [-0.4, -0.2) is 29.9 Å². The lowest BCUT2D eigenvalue weighted by Crippen LogP contribution is -1.95. The number of hydrogen-bond donors (Lipinski definition) is 2. The van der Waals surface area contributed by atoms with Crippen molar-refractivity contribution in [3.05, 3.63) is 64.7 Å². The molecule has 0 saturated heterocycles. The van der Waals surface area contributed by atoms with E-state index in [0.717, 1.165) is 24.3 Å². The van der Waals surface area contributed by atoms with Crippen LogP contribution in [0.3, 0.4) is 0 Å². The number of nitro benzene ring substituents is 4. The highest BCUT2D eigenvalue weighted by atomic mass is 33.1. The maximum absolute atomic E-state index is 10.9. The standard InChI is InChI=1S/C12H6N4O10S2/c17-11-7(13(19)20)1-5(2-8(11)14(21)22)27-28-6-3-9(15(23)24)12(18)10(4-6)16(25)26/h1-4,17-18H. The van der Waals surface area contributed by atoms with Crippen molar-refractivity contribution in [2.24, 2.45) is 0 Å². The highest BCUT2D eigenvalue weighted by Crippen LogP contribution is 2.47. The number of hydrogen-bond acceptors (Lipinski definition) is 12. The summed E-state index contributed by atoms with van der Waals surface area (Å²) in [5, 5.41) is 62.9. The summed E-state index contributed by atoms with van der Waals surface area (Å²) in [6.07, 6.45) is 0. The molecule has 0 aromatic heterocycles. The van der Waals surface area contributed by atoms with Crippen molar-refractivity contribution in [3.8, 4) is 11.5 Å². The topological polar surface area (TPSA) is 213 Å². The molecule has 16 heteroatoms. The molecule has 0 fully saturated rings. The van der Waals surface area contributed by atoms with Crippen LogP contribution in [0, 0.1) is 40.5 Å². The van der Waals surface area contributed by atoms with E-state index in [1.807, 2.05) is 0 Å². The minimum Gasteiger partial charge on any atom is -0.497 e. The maximum Gasteiger partial charge on any atom is 0.319 e. The Kier molecular flexibility index (Phi) is 5.84. The molecule has 2 rings (SSSR count). The molecule has 0 bridgehead atoms. The molecular formula is C12H6N4O10S2. The van der Waals surface area contributed by atoms with E-state index in [1.165, 1.54) is 0 Å². The second-order valence-corrected chi connectivity index (χ2v) is 7.09. The van der Waals surface area contributed by atoms with Crippen LogP contribution in [0.5, 0.6) is 11.5 Å².